The molecule has 0 spiro atoms. The van der Waals surface area contributed by atoms with Crippen LogP contribution < -0.4 is 5.56 Å². The van der Waals surface area contributed by atoms with Gasteiger partial charge in [0.15, 0.2) is 5.78 Å². The summed E-state index contributed by atoms with van der Waals surface area (Å²) in [5.74, 6) is -0.137. The number of rotatable bonds is 3. The second kappa shape index (κ2) is 4.18. The van der Waals surface area contributed by atoms with Crippen LogP contribution in [0, 0.1) is 0 Å². The van der Waals surface area contributed by atoms with E-state index in [1.54, 1.807) is 12.1 Å². The van der Waals surface area contributed by atoms with E-state index < -0.39 is 0 Å². The molecule has 0 atom stereocenters. The Morgan fingerprint density at radius 1 is 1.38 bits per heavy atom. The van der Waals surface area contributed by atoms with Crippen molar-refractivity contribution in [2.24, 2.45) is 0 Å². The van der Waals surface area contributed by atoms with E-state index in [2.05, 4.69) is 4.98 Å². The Morgan fingerprint density at radius 2 is 2.19 bits per heavy atom. The van der Waals surface area contributed by atoms with Gasteiger partial charge in [0.25, 0.3) is 0 Å². The van der Waals surface area contributed by atoms with Gasteiger partial charge in [-0.2, -0.15) is 0 Å². The minimum Gasteiger partial charge on any atom is -0.472 e. The van der Waals surface area contributed by atoms with E-state index >= 15 is 0 Å². The molecular weight excluding hydrogens is 206 g/mol. The Labute approximate surface area is 91.9 Å². The van der Waals surface area contributed by atoms with E-state index in [9.17, 15) is 9.59 Å². The first-order valence-corrected chi connectivity index (χ1v) is 5.01. The van der Waals surface area contributed by atoms with Crippen molar-refractivity contribution in [3.05, 3.63) is 57.9 Å². The largest absolute Gasteiger partial charge is 0.472 e. The standard InChI is InChI=1S/C12H11NO3/c1-2-10-9(3-4-11(14)13-10)12(15)8-5-6-16-7-8/h3-7H,2H2,1H3,(H,13,14). The Hall–Kier alpha value is -2.10. The van der Waals surface area contributed by atoms with Gasteiger partial charge in [-0.1, -0.05) is 6.92 Å². The number of H-pyrrole nitrogens is 1. The molecule has 0 saturated heterocycles. The molecule has 4 nitrogen and oxygen atoms in total. The topological polar surface area (TPSA) is 63.1 Å². The molecule has 0 fully saturated rings. The van der Waals surface area contributed by atoms with Crippen molar-refractivity contribution in [2.75, 3.05) is 0 Å². The summed E-state index contributed by atoms with van der Waals surface area (Å²) in [5, 5.41) is 0. The van der Waals surface area contributed by atoms with Gasteiger partial charge in [-0.3, -0.25) is 9.59 Å². The molecular formula is C12H11NO3. The Kier molecular flexibility index (Phi) is 2.72. The van der Waals surface area contributed by atoms with Crippen LogP contribution in [0.15, 0.2) is 39.9 Å². The number of nitrogens with one attached hydrogen (secondary N) is 1. The van der Waals surface area contributed by atoms with Gasteiger partial charge in [0.05, 0.1) is 11.8 Å². The zero-order valence-electron chi connectivity index (χ0n) is 8.82. The van der Waals surface area contributed by atoms with Crippen molar-refractivity contribution >= 4 is 5.78 Å². The van der Waals surface area contributed by atoms with E-state index in [0.29, 0.717) is 23.2 Å². The molecule has 4 heteroatoms. The maximum atomic E-state index is 12.0. The summed E-state index contributed by atoms with van der Waals surface area (Å²) in [6, 6.07) is 4.51. The summed E-state index contributed by atoms with van der Waals surface area (Å²) in [7, 11) is 0. The van der Waals surface area contributed by atoms with E-state index in [-0.39, 0.29) is 11.3 Å². The predicted molar refractivity (Wildman–Crippen MR) is 58.6 cm³/mol. The highest BCUT2D eigenvalue weighted by Crippen LogP contribution is 2.12. The summed E-state index contributed by atoms with van der Waals surface area (Å²) >= 11 is 0. The van der Waals surface area contributed by atoms with Crippen LogP contribution in [0.2, 0.25) is 0 Å². The highest BCUT2D eigenvalue weighted by atomic mass is 16.3. The van der Waals surface area contributed by atoms with Crippen molar-refractivity contribution in [3.63, 3.8) is 0 Å². The quantitative estimate of drug-likeness (QED) is 0.797. The molecule has 16 heavy (non-hydrogen) atoms. The average molecular weight is 217 g/mol. The van der Waals surface area contributed by atoms with Gasteiger partial charge in [0.2, 0.25) is 5.56 Å². The van der Waals surface area contributed by atoms with Crippen LogP contribution >= 0.6 is 0 Å². The maximum absolute atomic E-state index is 12.0. The Bertz CT molecular complexity index is 552. The third kappa shape index (κ3) is 1.82. The molecule has 0 aliphatic rings. The van der Waals surface area contributed by atoms with Gasteiger partial charge in [-0.15, -0.1) is 0 Å². The van der Waals surface area contributed by atoms with Crippen LogP contribution in [0.3, 0.4) is 0 Å². The van der Waals surface area contributed by atoms with Crippen molar-refractivity contribution in [1.29, 1.82) is 0 Å². The number of ketones is 1. The number of aromatic nitrogens is 1. The molecule has 2 aromatic heterocycles. The lowest BCUT2D eigenvalue weighted by atomic mass is 10.0. The number of hydrogen-bond acceptors (Lipinski definition) is 3. The van der Waals surface area contributed by atoms with Gasteiger partial charge >= 0.3 is 0 Å². The lowest BCUT2D eigenvalue weighted by Gasteiger charge is -2.04. The molecule has 0 radical (unpaired) electrons. The van der Waals surface area contributed by atoms with Crippen LogP contribution in [-0.4, -0.2) is 10.8 Å². The number of furan rings is 1. The third-order valence-corrected chi connectivity index (χ3v) is 2.38. The molecule has 0 unspecified atom stereocenters. The van der Waals surface area contributed by atoms with E-state index in [1.165, 1.54) is 18.6 Å². The summed E-state index contributed by atoms with van der Waals surface area (Å²) in [6.45, 7) is 1.89. The normalized spacial score (nSPS) is 10.3. The van der Waals surface area contributed by atoms with Gasteiger partial charge in [-0.25, -0.2) is 0 Å². The first-order valence-electron chi connectivity index (χ1n) is 5.01. The molecule has 0 bridgehead atoms. The van der Waals surface area contributed by atoms with Crippen molar-refractivity contribution in [1.82, 2.24) is 4.98 Å². The molecule has 0 aromatic carbocycles. The highest BCUT2D eigenvalue weighted by molar-refractivity contribution is 6.09. The summed E-state index contributed by atoms with van der Waals surface area (Å²) in [6.07, 6.45) is 3.45. The van der Waals surface area contributed by atoms with Gasteiger partial charge in [-0.05, 0) is 18.6 Å². The molecule has 0 aliphatic heterocycles. The lowest BCUT2D eigenvalue weighted by Crippen LogP contribution is -2.13. The SMILES string of the molecule is CCc1[nH]c(=O)ccc1C(=O)c1ccoc1. The molecule has 1 N–H and O–H groups in total. The first kappa shape index (κ1) is 10.4. The van der Waals surface area contributed by atoms with Crippen LogP contribution in [-0.2, 0) is 6.42 Å². The molecule has 2 rings (SSSR count). The van der Waals surface area contributed by atoms with Crippen LogP contribution in [0.25, 0.3) is 0 Å². The summed E-state index contributed by atoms with van der Waals surface area (Å²) in [5.41, 5.74) is 1.46. The monoisotopic (exact) mass is 217 g/mol. The molecule has 2 heterocycles. The zero-order valence-corrected chi connectivity index (χ0v) is 8.82. The highest BCUT2D eigenvalue weighted by Gasteiger charge is 2.14. The second-order valence-corrected chi connectivity index (χ2v) is 3.41. The van der Waals surface area contributed by atoms with Crippen molar-refractivity contribution < 1.29 is 9.21 Å². The smallest absolute Gasteiger partial charge is 0.248 e. The minimum absolute atomic E-state index is 0.137. The molecule has 0 aliphatic carbocycles. The van der Waals surface area contributed by atoms with E-state index in [1.807, 2.05) is 6.92 Å². The maximum Gasteiger partial charge on any atom is 0.248 e. The molecule has 82 valence electrons. The Morgan fingerprint density at radius 3 is 2.81 bits per heavy atom. The number of hydrogen-bond donors (Lipinski definition) is 1. The molecule has 0 amide bonds. The van der Waals surface area contributed by atoms with E-state index in [0.717, 1.165) is 0 Å². The predicted octanol–water partition coefficient (Wildman–Crippen LogP) is 1.76. The van der Waals surface area contributed by atoms with Crippen LogP contribution in [0.4, 0.5) is 0 Å². The van der Waals surface area contributed by atoms with Crippen molar-refractivity contribution in [2.45, 2.75) is 13.3 Å². The fourth-order valence-electron chi connectivity index (χ4n) is 1.56. The van der Waals surface area contributed by atoms with Crippen LogP contribution in [0.1, 0.15) is 28.5 Å². The van der Waals surface area contributed by atoms with Crippen molar-refractivity contribution in [3.8, 4) is 0 Å². The number of carbonyl (C=O) groups is 1. The molecule has 2 aromatic rings. The van der Waals surface area contributed by atoms with Gasteiger partial charge in [0, 0.05) is 17.3 Å². The third-order valence-electron chi connectivity index (χ3n) is 2.38. The number of aromatic amines is 1. The number of pyridine rings is 1. The lowest BCUT2D eigenvalue weighted by molar-refractivity contribution is 0.103. The summed E-state index contributed by atoms with van der Waals surface area (Å²) < 4.78 is 4.86. The van der Waals surface area contributed by atoms with Gasteiger partial charge < -0.3 is 9.40 Å². The minimum atomic E-state index is -0.194. The first-order chi connectivity index (χ1) is 7.72. The second-order valence-electron chi connectivity index (χ2n) is 3.41. The summed E-state index contributed by atoms with van der Waals surface area (Å²) in [4.78, 5) is 25.8. The Balaban J connectivity index is 2.48. The average Bonchev–Trinajstić information content (AvgIpc) is 2.81. The zero-order chi connectivity index (χ0) is 11.5. The van der Waals surface area contributed by atoms with Gasteiger partial charge in [0.1, 0.15) is 6.26 Å². The number of carbonyl (C=O) groups excluding carboxylic acids is 1. The fraction of sp³-hybridized carbons (Fsp3) is 0.167. The molecule has 0 saturated carbocycles. The van der Waals surface area contributed by atoms with Crippen LogP contribution in [0.5, 0.6) is 0 Å². The fourth-order valence-corrected chi connectivity index (χ4v) is 1.56. The number of aryl methyl sites for hydroxylation is 1. The van der Waals surface area contributed by atoms with E-state index in [4.69, 9.17) is 4.42 Å².